The number of carbonyl (C=O) groups excluding carboxylic acids is 1. The molecule has 1 heterocycles. The molecule has 0 atom stereocenters. The third kappa shape index (κ3) is 4.38. The Morgan fingerprint density at radius 2 is 1.68 bits per heavy atom. The first-order chi connectivity index (χ1) is 12.0. The smallest absolute Gasteiger partial charge is 0.229 e. The van der Waals surface area contributed by atoms with Gasteiger partial charge in [0.2, 0.25) is 5.95 Å². The summed E-state index contributed by atoms with van der Waals surface area (Å²) in [5.41, 5.74) is 2.69. The molecule has 126 valence electrons. The van der Waals surface area contributed by atoms with Crippen LogP contribution < -0.4 is 10.6 Å². The minimum atomic E-state index is -0.336. The van der Waals surface area contributed by atoms with Gasteiger partial charge in [-0.2, -0.15) is 4.98 Å². The van der Waals surface area contributed by atoms with Crippen molar-refractivity contribution < 1.29 is 9.18 Å². The largest absolute Gasteiger partial charge is 0.340 e. The van der Waals surface area contributed by atoms with Crippen LogP contribution in [0.3, 0.4) is 0 Å². The summed E-state index contributed by atoms with van der Waals surface area (Å²) in [4.78, 5) is 20.2. The van der Waals surface area contributed by atoms with E-state index in [9.17, 15) is 9.18 Å². The van der Waals surface area contributed by atoms with E-state index >= 15 is 0 Å². The first-order valence-corrected chi connectivity index (χ1v) is 7.76. The van der Waals surface area contributed by atoms with Crippen LogP contribution in [0.5, 0.6) is 0 Å². The Bertz CT molecular complexity index is 927. The summed E-state index contributed by atoms with van der Waals surface area (Å²) in [6.45, 7) is 3.37. The van der Waals surface area contributed by atoms with Crippen LogP contribution in [0.4, 0.5) is 27.5 Å². The third-order valence-electron chi connectivity index (χ3n) is 3.48. The molecular weight excluding hydrogens is 319 g/mol. The fraction of sp³-hybridized carbons (Fsp3) is 0.105. The maximum absolute atomic E-state index is 13.3. The lowest BCUT2D eigenvalue weighted by Crippen LogP contribution is -2.03. The molecular formula is C19H17FN4O. The van der Waals surface area contributed by atoms with Gasteiger partial charge < -0.3 is 10.6 Å². The van der Waals surface area contributed by atoms with Gasteiger partial charge in [0.1, 0.15) is 11.6 Å². The zero-order chi connectivity index (χ0) is 17.8. The quantitative estimate of drug-likeness (QED) is 0.666. The zero-order valence-electron chi connectivity index (χ0n) is 13.9. The van der Waals surface area contributed by atoms with Crippen molar-refractivity contribution in [3.63, 3.8) is 0 Å². The van der Waals surface area contributed by atoms with Crippen molar-refractivity contribution in [2.24, 2.45) is 0 Å². The lowest BCUT2D eigenvalue weighted by atomic mass is 10.1. The fourth-order valence-corrected chi connectivity index (χ4v) is 2.35. The first kappa shape index (κ1) is 16.6. The van der Waals surface area contributed by atoms with Crippen molar-refractivity contribution in [3.8, 4) is 0 Å². The molecule has 0 aliphatic heterocycles. The Labute approximate surface area is 145 Å². The van der Waals surface area contributed by atoms with Crippen molar-refractivity contribution in [1.29, 1.82) is 0 Å². The molecule has 0 radical (unpaired) electrons. The number of nitrogens with one attached hydrogen (secondary N) is 2. The molecule has 3 aromatic rings. The number of Topliss-reactive ketones (excluding diaryl/α,β-unsaturated/α-hetero) is 1. The topological polar surface area (TPSA) is 66.9 Å². The summed E-state index contributed by atoms with van der Waals surface area (Å²) in [6, 6.07) is 15.1. The highest BCUT2D eigenvalue weighted by molar-refractivity contribution is 5.95. The van der Waals surface area contributed by atoms with E-state index in [4.69, 9.17) is 0 Å². The van der Waals surface area contributed by atoms with Crippen LogP contribution in [-0.2, 0) is 0 Å². The molecule has 0 bridgehead atoms. The number of halogens is 1. The maximum atomic E-state index is 13.3. The van der Waals surface area contributed by atoms with Crippen LogP contribution in [0.2, 0.25) is 0 Å². The lowest BCUT2D eigenvalue weighted by molar-refractivity contribution is 0.101. The van der Waals surface area contributed by atoms with Crippen molar-refractivity contribution >= 4 is 28.9 Å². The second-order valence-electron chi connectivity index (χ2n) is 5.62. The van der Waals surface area contributed by atoms with E-state index in [1.54, 1.807) is 36.4 Å². The van der Waals surface area contributed by atoms with Crippen LogP contribution in [0.1, 0.15) is 23.0 Å². The number of anilines is 4. The van der Waals surface area contributed by atoms with Gasteiger partial charge in [0.25, 0.3) is 0 Å². The van der Waals surface area contributed by atoms with Gasteiger partial charge in [0, 0.05) is 28.7 Å². The molecule has 25 heavy (non-hydrogen) atoms. The van der Waals surface area contributed by atoms with Crippen LogP contribution in [-0.4, -0.2) is 15.8 Å². The van der Waals surface area contributed by atoms with Crippen molar-refractivity contribution in [1.82, 2.24) is 9.97 Å². The molecule has 0 fully saturated rings. The number of aromatic nitrogens is 2. The SMILES string of the molecule is CC(=O)c1cccc(Nc2cc(C)nc(Nc3cccc(F)c3)n2)c1. The summed E-state index contributed by atoms with van der Waals surface area (Å²) in [7, 11) is 0. The molecule has 1 aromatic heterocycles. The molecule has 2 aromatic carbocycles. The second kappa shape index (κ2) is 7.09. The van der Waals surface area contributed by atoms with E-state index in [1.807, 2.05) is 13.0 Å². The van der Waals surface area contributed by atoms with Gasteiger partial charge in [-0.15, -0.1) is 0 Å². The summed E-state index contributed by atoms with van der Waals surface area (Å²) in [5, 5.41) is 6.15. The van der Waals surface area contributed by atoms with Gasteiger partial charge in [0.15, 0.2) is 5.78 Å². The predicted molar refractivity (Wildman–Crippen MR) is 96.2 cm³/mol. The van der Waals surface area contributed by atoms with Gasteiger partial charge in [-0.25, -0.2) is 9.37 Å². The van der Waals surface area contributed by atoms with Crippen molar-refractivity contribution in [3.05, 3.63) is 71.7 Å². The number of hydrogen-bond acceptors (Lipinski definition) is 5. The number of ketones is 1. The van der Waals surface area contributed by atoms with Gasteiger partial charge >= 0.3 is 0 Å². The Kier molecular flexibility index (Phi) is 4.70. The molecule has 0 aliphatic rings. The molecule has 2 N–H and O–H groups in total. The molecule has 0 aliphatic carbocycles. The Balaban J connectivity index is 1.84. The monoisotopic (exact) mass is 336 g/mol. The standard InChI is InChI=1S/C19H17FN4O/c1-12-9-18(22-16-7-3-5-14(10-16)13(2)25)24-19(21-12)23-17-8-4-6-15(20)11-17/h3-11H,1-2H3,(H2,21,22,23,24). The summed E-state index contributed by atoms with van der Waals surface area (Å²) >= 11 is 0. The predicted octanol–water partition coefficient (Wildman–Crippen LogP) is 4.61. The summed E-state index contributed by atoms with van der Waals surface area (Å²) < 4.78 is 13.3. The van der Waals surface area contributed by atoms with Crippen molar-refractivity contribution in [2.45, 2.75) is 13.8 Å². The molecule has 0 saturated carbocycles. The first-order valence-electron chi connectivity index (χ1n) is 7.76. The van der Waals surface area contributed by atoms with E-state index < -0.39 is 0 Å². The molecule has 0 spiro atoms. The van der Waals surface area contributed by atoms with Crippen LogP contribution in [0, 0.1) is 12.7 Å². The molecule has 6 heteroatoms. The maximum Gasteiger partial charge on any atom is 0.229 e. The minimum Gasteiger partial charge on any atom is -0.340 e. The highest BCUT2D eigenvalue weighted by atomic mass is 19.1. The highest BCUT2D eigenvalue weighted by Crippen LogP contribution is 2.20. The molecule has 3 rings (SSSR count). The number of nitrogens with zero attached hydrogens (tertiary/aromatic N) is 2. The number of rotatable bonds is 5. The van der Waals surface area contributed by atoms with Crippen LogP contribution in [0.15, 0.2) is 54.6 Å². The summed E-state index contributed by atoms with van der Waals surface area (Å²) in [5.74, 6) is 0.593. The van der Waals surface area contributed by atoms with E-state index in [2.05, 4.69) is 20.6 Å². The van der Waals surface area contributed by atoms with Gasteiger partial charge in [-0.3, -0.25) is 4.79 Å². The van der Waals surface area contributed by atoms with Gasteiger partial charge in [-0.05, 0) is 44.2 Å². The van der Waals surface area contributed by atoms with Gasteiger partial charge in [0.05, 0.1) is 0 Å². The molecule has 0 amide bonds. The van der Waals surface area contributed by atoms with Crippen LogP contribution >= 0.6 is 0 Å². The Morgan fingerprint density at radius 3 is 2.40 bits per heavy atom. The van der Waals surface area contributed by atoms with E-state index in [1.165, 1.54) is 19.1 Å². The zero-order valence-corrected chi connectivity index (χ0v) is 13.9. The molecule has 0 saturated heterocycles. The number of aryl methyl sites for hydroxylation is 1. The number of carbonyl (C=O) groups is 1. The molecule has 0 unspecified atom stereocenters. The van der Waals surface area contributed by atoms with E-state index in [0.29, 0.717) is 23.0 Å². The average molecular weight is 336 g/mol. The van der Waals surface area contributed by atoms with Crippen molar-refractivity contribution in [2.75, 3.05) is 10.6 Å². The normalized spacial score (nSPS) is 10.4. The highest BCUT2D eigenvalue weighted by Gasteiger charge is 2.06. The molecule has 5 nitrogen and oxygen atoms in total. The average Bonchev–Trinajstić information content (AvgIpc) is 2.54. The van der Waals surface area contributed by atoms with E-state index in [-0.39, 0.29) is 11.6 Å². The second-order valence-corrected chi connectivity index (χ2v) is 5.62. The number of hydrogen-bond donors (Lipinski definition) is 2. The summed E-state index contributed by atoms with van der Waals surface area (Å²) in [6.07, 6.45) is 0. The minimum absolute atomic E-state index is 0.00372. The van der Waals surface area contributed by atoms with Gasteiger partial charge in [-0.1, -0.05) is 18.2 Å². The third-order valence-corrected chi connectivity index (χ3v) is 3.48. The Hall–Kier alpha value is -3.28. The lowest BCUT2D eigenvalue weighted by Gasteiger charge is -2.10. The number of benzene rings is 2. The fourth-order valence-electron chi connectivity index (χ4n) is 2.35. The Morgan fingerprint density at radius 1 is 0.960 bits per heavy atom. The van der Waals surface area contributed by atoms with E-state index in [0.717, 1.165) is 11.4 Å². The van der Waals surface area contributed by atoms with Crippen LogP contribution in [0.25, 0.3) is 0 Å².